The van der Waals surface area contributed by atoms with Crippen LogP contribution >= 0.6 is 0 Å². The van der Waals surface area contributed by atoms with Crippen LogP contribution in [-0.2, 0) is 6.18 Å². The number of fused-ring (bicyclic) bond motifs is 1. The third-order valence-corrected chi connectivity index (χ3v) is 4.41. The Morgan fingerprint density at radius 2 is 1.86 bits per heavy atom. The number of benzene rings is 2. The van der Waals surface area contributed by atoms with Gasteiger partial charge in [0.1, 0.15) is 5.75 Å². The van der Waals surface area contributed by atoms with E-state index in [2.05, 4.69) is 10.3 Å². The quantitative estimate of drug-likeness (QED) is 0.673. The zero-order chi connectivity index (χ0) is 21.2. The molecule has 1 amide bonds. The van der Waals surface area contributed by atoms with Crippen LogP contribution in [0.1, 0.15) is 22.8 Å². The molecule has 2 aromatic carbocycles. The molecule has 8 heteroatoms. The molecular formula is C21H19F3N2O3. The highest BCUT2D eigenvalue weighted by molar-refractivity contribution is 5.99. The van der Waals surface area contributed by atoms with Crippen molar-refractivity contribution in [2.24, 2.45) is 0 Å². The van der Waals surface area contributed by atoms with Crippen LogP contribution in [-0.4, -0.2) is 35.8 Å². The van der Waals surface area contributed by atoms with E-state index >= 15 is 0 Å². The third-order valence-electron chi connectivity index (χ3n) is 4.41. The molecule has 0 bridgehead atoms. The van der Waals surface area contributed by atoms with Crippen LogP contribution in [0.25, 0.3) is 22.2 Å². The molecule has 0 saturated carbocycles. The number of rotatable bonds is 5. The molecule has 3 rings (SSSR count). The minimum atomic E-state index is -4.42. The van der Waals surface area contributed by atoms with Crippen LogP contribution in [0.2, 0.25) is 0 Å². The Balaban J connectivity index is 2.04. The summed E-state index contributed by atoms with van der Waals surface area (Å²) in [5.74, 6) is 0.120. The fourth-order valence-electron chi connectivity index (χ4n) is 2.84. The number of hydrogen-bond donors (Lipinski definition) is 2. The molecule has 1 aromatic heterocycles. The second kappa shape index (κ2) is 8.08. The van der Waals surface area contributed by atoms with Gasteiger partial charge in [0.25, 0.3) is 5.91 Å². The number of carbonyl (C=O) groups is 1. The Morgan fingerprint density at radius 3 is 2.45 bits per heavy atom. The first-order valence-corrected chi connectivity index (χ1v) is 8.81. The molecule has 0 spiro atoms. The first-order chi connectivity index (χ1) is 13.7. The lowest BCUT2D eigenvalue weighted by molar-refractivity contribution is -0.137. The number of methoxy groups -OCH3 is 1. The van der Waals surface area contributed by atoms with Crippen LogP contribution in [0, 0.1) is 0 Å². The van der Waals surface area contributed by atoms with Crippen LogP contribution in [0.4, 0.5) is 13.2 Å². The standard InChI is InChI=1S/C21H19F3N2O3/c1-12(11-27)25-20(28)14-5-8-16-18(9-14)26-17(10-19(16)29-2)13-3-6-15(7-4-13)21(22,23)24/h3-10,12,27H,11H2,1-2H3,(H,25,28)/t12-/m1/s1. The molecule has 152 valence electrons. The van der Waals surface area contributed by atoms with Crippen molar-refractivity contribution >= 4 is 16.8 Å². The number of aromatic nitrogens is 1. The number of pyridine rings is 1. The Hall–Kier alpha value is -3.13. The maximum Gasteiger partial charge on any atom is 0.416 e. The molecule has 0 aliphatic heterocycles. The second-order valence-electron chi connectivity index (χ2n) is 6.57. The highest BCUT2D eigenvalue weighted by atomic mass is 19.4. The zero-order valence-corrected chi connectivity index (χ0v) is 15.7. The van der Waals surface area contributed by atoms with E-state index in [-0.39, 0.29) is 12.5 Å². The number of carbonyl (C=O) groups excluding carboxylic acids is 1. The fraction of sp³-hybridized carbons (Fsp3) is 0.238. The summed E-state index contributed by atoms with van der Waals surface area (Å²) in [6.07, 6.45) is -4.42. The first kappa shape index (κ1) is 20.6. The van der Waals surface area contributed by atoms with Gasteiger partial charge in [-0.25, -0.2) is 4.98 Å². The highest BCUT2D eigenvalue weighted by Crippen LogP contribution is 2.33. The summed E-state index contributed by atoms with van der Waals surface area (Å²) in [7, 11) is 1.48. The second-order valence-corrected chi connectivity index (χ2v) is 6.57. The summed E-state index contributed by atoms with van der Waals surface area (Å²) in [6.45, 7) is 1.48. The van der Waals surface area contributed by atoms with E-state index in [0.29, 0.717) is 33.5 Å². The van der Waals surface area contributed by atoms with Crippen molar-refractivity contribution in [3.05, 3.63) is 59.7 Å². The van der Waals surface area contributed by atoms with E-state index in [1.54, 1.807) is 31.2 Å². The zero-order valence-electron chi connectivity index (χ0n) is 15.7. The summed E-state index contributed by atoms with van der Waals surface area (Å²) in [5, 5.41) is 12.4. The van der Waals surface area contributed by atoms with E-state index in [4.69, 9.17) is 9.84 Å². The third kappa shape index (κ3) is 4.48. The number of ether oxygens (including phenoxy) is 1. The molecule has 1 heterocycles. The lowest BCUT2D eigenvalue weighted by Gasteiger charge is -2.13. The van der Waals surface area contributed by atoms with Gasteiger partial charge >= 0.3 is 6.18 Å². The Morgan fingerprint density at radius 1 is 1.17 bits per heavy atom. The number of amides is 1. The van der Waals surface area contributed by atoms with Gasteiger partial charge in [-0.3, -0.25) is 4.79 Å². The number of hydrogen-bond acceptors (Lipinski definition) is 4. The molecule has 0 fully saturated rings. The van der Waals surface area contributed by atoms with Crippen molar-refractivity contribution in [1.29, 1.82) is 0 Å². The number of aliphatic hydroxyl groups excluding tert-OH is 1. The van der Waals surface area contributed by atoms with Gasteiger partial charge in [-0.2, -0.15) is 13.2 Å². The molecule has 0 unspecified atom stereocenters. The number of nitrogens with zero attached hydrogens (tertiary/aromatic N) is 1. The van der Waals surface area contributed by atoms with Crippen molar-refractivity contribution < 1.29 is 27.8 Å². The van der Waals surface area contributed by atoms with E-state index < -0.39 is 17.8 Å². The van der Waals surface area contributed by atoms with Crippen LogP contribution < -0.4 is 10.1 Å². The van der Waals surface area contributed by atoms with E-state index in [0.717, 1.165) is 12.1 Å². The summed E-state index contributed by atoms with van der Waals surface area (Å²) in [5.41, 5.74) is 0.970. The Kier molecular flexibility index (Phi) is 5.74. The Bertz CT molecular complexity index is 1030. The van der Waals surface area contributed by atoms with Crippen LogP contribution in [0.3, 0.4) is 0 Å². The smallest absolute Gasteiger partial charge is 0.416 e. The van der Waals surface area contributed by atoms with Crippen molar-refractivity contribution in [2.45, 2.75) is 19.1 Å². The SMILES string of the molecule is COc1cc(-c2ccc(C(F)(F)F)cc2)nc2cc(C(=O)N[C@H](C)CO)ccc12. The molecule has 29 heavy (non-hydrogen) atoms. The molecule has 0 aliphatic carbocycles. The molecule has 3 aromatic rings. The molecular weight excluding hydrogens is 385 g/mol. The van der Waals surface area contributed by atoms with E-state index in [1.165, 1.54) is 19.2 Å². The van der Waals surface area contributed by atoms with Crippen LogP contribution in [0.5, 0.6) is 5.75 Å². The monoisotopic (exact) mass is 404 g/mol. The number of nitrogens with one attached hydrogen (secondary N) is 1. The largest absolute Gasteiger partial charge is 0.496 e. The van der Waals surface area contributed by atoms with Gasteiger partial charge in [-0.1, -0.05) is 12.1 Å². The molecule has 0 saturated heterocycles. The van der Waals surface area contributed by atoms with Gasteiger partial charge in [0, 0.05) is 28.6 Å². The summed E-state index contributed by atoms with van der Waals surface area (Å²) < 4.78 is 43.8. The summed E-state index contributed by atoms with van der Waals surface area (Å²) in [4.78, 5) is 16.8. The van der Waals surface area contributed by atoms with Crippen molar-refractivity contribution in [2.75, 3.05) is 13.7 Å². The van der Waals surface area contributed by atoms with Gasteiger partial charge < -0.3 is 15.2 Å². The Labute approximate surface area is 165 Å². The molecule has 5 nitrogen and oxygen atoms in total. The molecule has 2 N–H and O–H groups in total. The normalized spacial score (nSPS) is 12.6. The number of halogens is 3. The molecule has 1 atom stereocenters. The van der Waals surface area contributed by atoms with Gasteiger partial charge in [-0.15, -0.1) is 0 Å². The van der Waals surface area contributed by atoms with Crippen molar-refractivity contribution in [3.8, 4) is 17.0 Å². The maximum absolute atomic E-state index is 12.8. The average molecular weight is 404 g/mol. The topological polar surface area (TPSA) is 71.5 Å². The summed E-state index contributed by atoms with van der Waals surface area (Å²) in [6, 6.07) is 10.8. The maximum atomic E-state index is 12.8. The van der Waals surface area contributed by atoms with E-state index in [1.807, 2.05) is 0 Å². The number of alkyl halides is 3. The van der Waals surface area contributed by atoms with Gasteiger partial charge in [-0.05, 0) is 37.3 Å². The van der Waals surface area contributed by atoms with Crippen molar-refractivity contribution in [1.82, 2.24) is 10.3 Å². The average Bonchev–Trinajstić information content (AvgIpc) is 2.71. The summed E-state index contributed by atoms with van der Waals surface area (Å²) >= 11 is 0. The molecule has 0 radical (unpaired) electrons. The minimum Gasteiger partial charge on any atom is -0.496 e. The van der Waals surface area contributed by atoms with E-state index in [9.17, 15) is 18.0 Å². The first-order valence-electron chi connectivity index (χ1n) is 8.81. The van der Waals surface area contributed by atoms with Crippen LogP contribution in [0.15, 0.2) is 48.5 Å². The fourth-order valence-corrected chi connectivity index (χ4v) is 2.84. The lowest BCUT2D eigenvalue weighted by Crippen LogP contribution is -2.34. The van der Waals surface area contributed by atoms with Crippen molar-refractivity contribution in [3.63, 3.8) is 0 Å². The van der Waals surface area contributed by atoms with Gasteiger partial charge in [0.15, 0.2) is 0 Å². The van der Waals surface area contributed by atoms with Gasteiger partial charge in [0.2, 0.25) is 0 Å². The highest BCUT2D eigenvalue weighted by Gasteiger charge is 2.30. The lowest BCUT2D eigenvalue weighted by atomic mass is 10.0. The predicted octanol–water partition coefficient (Wildman–Crippen LogP) is 4.04. The predicted molar refractivity (Wildman–Crippen MR) is 103 cm³/mol. The molecule has 0 aliphatic rings. The number of aliphatic hydroxyl groups is 1. The van der Waals surface area contributed by atoms with Gasteiger partial charge in [0.05, 0.1) is 30.5 Å². The minimum absolute atomic E-state index is 0.191.